The molecule has 0 radical (unpaired) electrons. The first-order valence-corrected chi connectivity index (χ1v) is 6.10. The number of hydrogen-bond donors (Lipinski definition) is 1. The first kappa shape index (κ1) is 14.5. The third-order valence-corrected chi connectivity index (χ3v) is 2.93. The molecule has 0 aromatic heterocycles. The normalized spacial score (nSPS) is 10.2. The van der Waals surface area contributed by atoms with Crippen LogP contribution in [0.5, 0.6) is 0 Å². The molecule has 0 spiro atoms. The Balaban J connectivity index is 2.93. The number of carboxylic acids is 1. The fraction of sp³-hybridized carbons (Fsp3) is 0.385. The molecule has 0 aliphatic carbocycles. The summed E-state index contributed by atoms with van der Waals surface area (Å²) < 4.78 is 0. The van der Waals surface area contributed by atoms with Crippen LogP contribution in [0.2, 0.25) is 5.02 Å². The summed E-state index contributed by atoms with van der Waals surface area (Å²) in [7, 11) is 0. The monoisotopic (exact) mass is 269 g/mol. The molecule has 0 atom stereocenters. The van der Waals surface area contributed by atoms with Crippen LogP contribution >= 0.6 is 11.6 Å². The van der Waals surface area contributed by atoms with Gasteiger partial charge in [-0.05, 0) is 31.0 Å². The number of aliphatic carboxylic acids is 1. The zero-order valence-electron chi connectivity index (χ0n) is 10.4. The molecule has 0 saturated carbocycles. The third kappa shape index (κ3) is 3.74. The number of carbonyl (C=O) groups is 2. The molecule has 0 saturated heterocycles. The van der Waals surface area contributed by atoms with Gasteiger partial charge in [-0.3, -0.25) is 9.59 Å². The quantitative estimate of drug-likeness (QED) is 0.894. The first-order chi connectivity index (χ1) is 8.45. The Bertz CT molecular complexity index is 460. The number of halogens is 1. The highest BCUT2D eigenvalue weighted by Crippen LogP contribution is 2.18. The van der Waals surface area contributed by atoms with Gasteiger partial charge >= 0.3 is 5.97 Å². The number of aryl methyl sites for hydroxylation is 1. The largest absolute Gasteiger partial charge is 0.480 e. The summed E-state index contributed by atoms with van der Waals surface area (Å²) in [5, 5.41) is 9.29. The van der Waals surface area contributed by atoms with Crippen molar-refractivity contribution in [3.63, 3.8) is 0 Å². The molecule has 1 amide bonds. The lowest BCUT2D eigenvalue weighted by Crippen LogP contribution is -2.36. The fourth-order valence-electron chi connectivity index (χ4n) is 1.59. The van der Waals surface area contributed by atoms with Crippen molar-refractivity contribution in [2.75, 3.05) is 13.1 Å². The van der Waals surface area contributed by atoms with Crippen LogP contribution in [0.1, 0.15) is 29.3 Å². The summed E-state index contributed by atoms with van der Waals surface area (Å²) in [4.78, 5) is 24.2. The summed E-state index contributed by atoms with van der Waals surface area (Å²) in [6, 6.07) is 4.98. The lowest BCUT2D eigenvalue weighted by Gasteiger charge is -2.20. The molecule has 5 heteroatoms. The third-order valence-electron chi connectivity index (χ3n) is 2.53. The number of amides is 1. The summed E-state index contributed by atoms with van der Waals surface area (Å²) in [5.74, 6) is -1.32. The van der Waals surface area contributed by atoms with Crippen LogP contribution in [0.3, 0.4) is 0 Å². The molecule has 98 valence electrons. The minimum Gasteiger partial charge on any atom is -0.480 e. The van der Waals surface area contributed by atoms with E-state index in [1.54, 1.807) is 18.2 Å². The van der Waals surface area contributed by atoms with Gasteiger partial charge in [0.1, 0.15) is 6.54 Å². The molecule has 0 fully saturated rings. The van der Waals surface area contributed by atoms with Crippen molar-refractivity contribution >= 4 is 23.5 Å². The van der Waals surface area contributed by atoms with E-state index in [-0.39, 0.29) is 12.5 Å². The summed E-state index contributed by atoms with van der Waals surface area (Å²) >= 11 is 5.96. The maximum Gasteiger partial charge on any atom is 0.323 e. The van der Waals surface area contributed by atoms with Gasteiger partial charge < -0.3 is 10.0 Å². The van der Waals surface area contributed by atoms with Gasteiger partial charge in [0.2, 0.25) is 0 Å². The van der Waals surface area contributed by atoms with Crippen LogP contribution < -0.4 is 0 Å². The van der Waals surface area contributed by atoms with E-state index < -0.39 is 5.97 Å². The lowest BCUT2D eigenvalue weighted by atomic mass is 10.1. The highest BCUT2D eigenvalue weighted by Gasteiger charge is 2.18. The molecule has 0 aliphatic heterocycles. The zero-order valence-corrected chi connectivity index (χ0v) is 11.2. The molecule has 1 N–H and O–H groups in total. The van der Waals surface area contributed by atoms with E-state index >= 15 is 0 Å². The SMILES string of the molecule is CCCN(CC(=O)O)C(=O)c1ccc(C)c(Cl)c1. The topological polar surface area (TPSA) is 57.6 Å². The molecular formula is C13H16ClNO3. The van der Waals surface area contributed by atoms with Crippen LogP contribution in [-0.2, 0) is 4.79 Å². The van der Waals surface area contributed by atoms with Crippen molar-refractivity contribution in [3.05, 3.63) is 34.3 Å². The standard InChI is InChI=1S/C13H16ClNO3/c1-3-6-15(8-12(16)17)13(18)10-5-4-9(2)11(14)7-10/h4-5,7H,3,6,8H2,1-2H3,(H,16,17). The second kappa shape index (κ2) is 6.40. The molecule has 1 rings (SSSR count). The molecule has 0 aliphatic rings. The fourth-order valence-corrected chi connectivity index (χ4v) is 1.77. The number of carbonyl (C=O) groups excluding carboxylic acids is 1. The van der Waals surface area contributed by atoms with Gasteiger partial charge in [-0.1, -0.05) is 24.6 Å². The van der Waals surface area contributed by atoms with Gasteiger partial charge in [0.25, 0.3) is 5.91 Å². The number of benzene rings is 1. The molecule has 4 nitrogen and oxygen atoms in total. The molecule has 1 aromatic rings. The van der Waals surface area contributed by atoms with E-state index in [1.807, 2.05) is 13.8 Å². The van der Waals surface area contributed by atoms with Gasteiger partial charge in [0.05, 0.1) is 0 Å². The van der Waals surface area contributed by atoms with Gasteiger partial charge in [0, 0.05) is 17.1 Å². The predicted molar refractivity (Wildman–Crippen MR) is 70.0 cm³/mol. The molecule has 18 heavy (non-hydrogen) atoms. The first-order valence-electron chi connectivity index (χ1n) is 5.73. The smallest absolute Gasteiger partial charge is 0.323 e. The van der Waals surface area contributed by atoms with Crippen LogP contribution in [0.15, 0.2) is 18.2 Å². The van der Waals surface area contributed by atoms with E-state index in [0.29, 0.717) is 23.6 Å². The number of rotatable bonds is 5. The number of nitrogens with zero attached hydrogens (tertiary/aromatic N) is 1. The molecule has 0 bridgehead atoms. The van der Waals surface area contributed by atoms with Crippen LogP contribution in [0, 0.1) is 6.92 Å². The molecular weight excluding hydrogens is 254 g/mol. The van der Waals surface area contributed by atoms with Gasteiger partial charge in [-0.25, -0.2) is 0 Å². The van der Waals surface area contributed by atoms with Crippen molar-refractivity contribution in [2.24, 2.45) is 0 Å². The summed E-state index contributed by atoms with van der Waals surface area (Å²) in [5.41, 5.74) is 1.30. The highest BCUT2D eigenvalue weighted by molar-refractivity contribution is 6.31. The maximum atomic E-state index is 12.1. The van der Waals surface area contributed by atoms with E-state index in [9.17, 15) is 9.59 Å². The summed E-state index contributed by atoms with van der Waals surface area (Å²) in [6.45, 7) is 3.86. The van der Waals surface area contributed by atoms with E-state index in [4.69, 9.17) is 16.7 Å². The average Bonchev–Trinajstić information content (AvgIpc) is 2.31. The number of hydrogen-bond acceptors (Lipinski definition) is 2. The Hall–Kier alpha value is -1.55. The maximum absolute atomic E-state index is 12.1. The van der Waals surface area contributed by atoms with Crippen molar-refractivity contribution in [1.82, 2.24) is 4.90 Å². The van der Waals surface area contributed by atoms with Crippen molar-refractivity contribution in [2.45, 2.75) is 20.3 Å². The minimum atomic E-state index is -1.02. The number of carboxylic acid groups (broad SMARTS) is 1. The van der Waals surface area contributed by atoms with Gasteiger partial charge in [-0.2, -0.15) is 0 Å². The zero-order chi connectivity index (χ0) is 13.7. The Morgan fingerprint density at radius 1 is 1.39 bits per heavy atom. The van der Waals surface area contributed by atoms with Gasteiger partial charge in [0.15, 0.2) is 0 Å². The summed E-state index contributed by atoms with van der Waals surface area (Å²) in [6.07, 6.45) is 0.707. The van der Waals surface area contributed by atoms with E-state index in [1.165, 1.54) is 4.90 Å². The predicted octanol–water partition coefficient (Wildman–Crippen LogP) is 2.59. The second-order valence-electron chi connectivity index (χ2n) is 4.08. The van der Waals surface area contributed by atoms with Crippen LogP contribution in [0.4, 0.5) is 0 Å². The van der Waals surface area contributed by atoms with E-state index in [2.05, 4.69) is 0 Å². The Morgan fingerprint density at radius 3 is 2.56 bits per heavy atom. The van der Waals surface area contributed by atoms with Crippen LogP contribution in [-0.4, -0.2) is 35.0 Å². The van der Waals surface area contributed by atoms with Crippen molar-refractivity contribution in [3.8, 4) is 0 Å². The molecule has 0 unspecified atom stereocenters. The average molecular weight is 270 g/mol. The Morgan fingerprint density at radius 2 is 2.06 bits per heavy atom. The van der Waals surface area contributed by atoms with E-state index in [0.717, 1.165) is 5.56 Å². The molecule has 1 aromatic carbocycles. The Kier molecular flexibility index (Phi) is 5.16. The van der Waals surface area contributed by atoms with Gasteiger partial charge in [-0.15, -0.1) is 0 Å². The Labute approximate surface area is 111 Å². The van der Waals surface area contributed by atoms with Crippen molar-refractivity contribution < 1.29 is 14.7 Å². The highest BCUT2D eigenvalue weighted by atomic mass is 35.5. The lowest BCUT2D eigenvalue weighted by molar-refractivity contribution is -0.137. The van der Waals surface area contributed by atoms with Crippen LogP contribution in [0.25, 0.3) is 0 Å². The molecule has 0 heterocycles. The van der Waals surface area contributed by atoms with Crippen molar-refractivity contribution in [1.29, 1.82) is 0 Å². The minimum absolute atomic E-state index is 0.293. The second-order valence-corrected chi connectivity index (χ2v) is 4.49.